The molecule has 2 heterocycles. The number of aromatic amines is 1. The summed E-state index contributed by atoms with van der Waals surface area (Å²) in [5.74, 6) is -0.000286. The Bertz CT molecular complexity index is 1150. The zero-order chi connectivity index (χ0) is 22.9. The van der Waals surface area contributed by atoms with Gasteiger partial charge >= 0.3 is 5.69 Å². The minimum Gasteiger partial charge on any atom is -0.325 e. The summed E-state index contributed by atoms with van der Waals surface area (Å²) in [4.78, 5) is 43.9. The molecule has 0 atom stereocenters. The maximum Gasteiger partial charge on any atom is 0.329 e. The number of amides is 1. The first-order valence-corrected chi connectivity index (χ1v) is 12.2. The Morgan fingerprint density at radius 3 is 2.47 bits per heavy atom. The molecule has 1 aromatic carbocycles. The predicted molar refractivity (Wildman–Crippen MR) is 129 cm³/mol. The van der Waals surface area contributed by atoms with E-state index in [0.29, 0.717) is 22.9 Å². The highest BCUT2D eigenvalue weighted by molar-refractivity contribution is 7.99. The number of thioether (sulfide) groups is 1. The molecule has 0 aliphatic carbocycles. The molecule has 3 aromatic rings. The van der Waals surface area contributed by atoms with Gasteiger partial charge in [-0.3, -0.25) is 19.1 Å². The number of carbonyl (C=O) groups is 1. The van der Waals surface area contributed by atoms with E-state index in [2.05, 4.69) is 22.2 Å². The number of para-hydroxylation sites is 1. The van der Waals surface area contributed by atoms with E-state index in [-0.39, 0.29) is 11.7 Å². The lowest BCUT2D eigenvalue weighted by Crippen LogP contribution is -2.29. The number of benzene rings is 1. The third-order valence-electron chi connectivity index (χ3n) is 5.35. The van der Waals surface area contributed by atoms with E-state index in [1.165, 1.54) is 42.0 Å². The summed E-state index contributed by atoms with van der Waals surface area (Å²) in [6, 6.07) is 9.26. The second-order valence-electron chi connectivity index (χ2n) is 7.86. The summed E-state index contributed by atoms with van der Waals surface area (Å²) in [5.41, 5.74) is 0.505. The normalized spacial score (nSPS) is 11.2. The molecular weight excluding hydrogens is 426 g/mol. The van der Waals surface area contributed by atoms with Gasteiger partial charge in [0.2, 0.25) is 5.91 Å². The number of imidazole rings is 1. The fraction of sp³-hybridized carbons (Fsp3) is 0.478. The molecule has 0 saturated carbocycles. The first-order valence-electron chi connectivity index (χ1n) is 11.2. The molecule has 2 N–H and O–H groups in total. The molecule has 172 valence electrons. The van der Waals surface area contributed by atoms with Crippen LogP contribution in [0.4, 0.5) is 5.69 Å². The number of nitrogens with one attached hydrogen (secondary N) is 2. The van der Waals surface area contributed by atoms with Crippen LogP contribution in [0.25, 0.3) is 11.2 Å². The molecule has 0 unspecified atom stereocenters. The molecular formula is C23H31N5O3S. The number of nitrogens with zero attached hydrogens (tertiary/aromatic N) is 3. The quantitative estimate of drug-likeness (QED) is 0.317. The predicted octanol–water partition coefficient (Wildman–Crippen LogP) is 3.90. The highest BCUT2D eigenvalue weighted by Crippen LogP contribution is 2.23. The van der Waals surface area contributed by atoms with Gasteiger partial charge in [0.05, 0.1) is 5.75 Å². The summed E-state index contributed by atoms with van der Waals surface area (Å²) in [6.07, 6.45) is 8.08. The van der Waals surface area contributed by atoms with Crippen LogP contribution in [0.2, 0.25) is 0 Å². The molecule has 0 spiro atoms. The van der Waals surface area contributed by atoms with Crippen molar-refractivity contribution in [3.05, 3.63) is 51.2 Å². The second kappa shape index (κ2) is 11.7. The number of anilines is 1. The van der Waals surface area contributed by atoms with Crippen molar-refractivity contribution < 1.29 is 4.79 Å². The van der Waals surface area contributed by atoms with Crippen molar-refractivity contribution in [1.29, 1.82) is 0 Å². The Morgan fingerprint density at radius 1 is 1.06 bits per heavy atom. The second-order valence-corrected chi connectivity index (χ2v) is 8.80. The summed E-state index contributed by atoms with van der Waals surface area (Å²) < 4.78 is 3.19. The van der Waals surface area contributed by atoms with Crippen LogP contribution in [0.3, 0.4) is 0 Å². The molecule has 0 aliphatic heterocycles. The number of hydrogen-bond donors (Lipinski definition) is 2. The van der Waals surface area contributed by atoms with Crippen molar-refractivity contribution in [2.75, 3.05) is 11.1 Å². The van der Waals surface area contributed by atoms with Gasteiger partial charge < -0.3 is 9.88 Å². The third-order valence-corrected chi connectivity index (χ3v) is 6.32. The average molecular weight is 458 g/mol. The van der Waals surface area contributed by atoms with Crippen molar-refractivity contribution in [3.63, 3.8) is 0 Å². The number of hydrogen-bond acceptors (Lipinski definition) is 5. The largest absolute Gasteiger partial charge is 0.329 e. The van der Waals surface area contributed by atoms with Gasteiger partial charge in [-0.15, -0.1) is 0 Å². The first-order chi connectivity index (χ1) is 15.5. The number of aromatic nitrogens is 4. The minimum absolute atomic E-state index is 0.154. The van der Waals surface area contributed by atoms with Crippen LogP contribution in [0.1, 0.15) is 51.9 Å². The molecule has 0 bridgehead atoms. The topological polar surface area (TPSA) is 102 Å². The Morgan fingerprint density at radius 2 is 1.75 bits per heavy atom. The van der Waals surface area contributed by atoms with Crippen LogP contribution in [0.5, 0.6) is 0 Å². The van der Waals surface area contributed by atoms with Gasteiger partial charge in [0.1, 0.15) is 0 Å². The summed E-state index contributed by atoms with van der Waals surface area (Å²) in [5, 5.41) is 3.42. The highest BCUT2D eigenvalue weighted by Gasteiger charge is 2.18. The number of H-pyrrole nitrogens is 1. The van der Waals surface area contributed by atoms with Crippen molar-refractivity contribution in [3.8, 4) is 0 Å². The van der Waals surface area contributed by atoms with Crippen LogP contribution >= 0.6 is 11.8 Å². The summed E-state index contributed by atoms with van der Waals surface area (Å²) in [7, 11) is 1.59. The molecule has 1 amide bonds. The van der Waals surface area contributed by atoms with Crippen LogP contribution in [-0.4, -0.2) is 30.8 Å². The average Bonchev–Trinajstić information content (AvgIpc) is 3.15. The van der Waals surface area contributed by atoms with Crippen LogP contribution in [0.15, 0.2) is 45.1 Å². The molecule has 0 fully saturated rings. The number of carbonyl (C=O) groups excluding carboxylic acids is 1. The molecule has 3 rings (SSSR count). The molecule has 0 radical (unpaired) electrons. The maximum absolute atomic E-state index is 12.6. The van der Waals surface area contributed by atoms with Gasteiger partial charge in [-0.1, -0.05) is 75.4 Å². The van der Waals surface area contributed by atoms with Gasteiger partial charge in [-0.25, -0.2) is 9.78 Å². The van der Waals surface area contributed by atoms with Gasteiger partial charge in [0.25, 0.3) is 5.56 Å². The van der Waals surface area contributed by atoms with Crippen LogP contribution < -0.4 is 16.6 Å². The van der Waals surface area contributed by atoms with Crippen molar-refractivity contribution in [2.24, 2.45) is 7.05 Å². The third kappa shape index (κ3) is 6.12. The van der Waals surface area contributed by atoms with E-state index < -0.39 is 11.2 Å². The molecule has 32 heavy (non-hydrogen) atoms. The van der Waals surface area contributed by atoms with Gasteiger partial charge in [-0.05, 0) is 18.6 Å². The van der Waals surface area contributed by atoms with Gasteiger partial charge in [0.15, 0.2) is 16.3 Å². The zero-order valence-corrected chi connectivity index (χ0v) is 19.5. The fourth-order valence-corrected chi connectivity index (χ4v) is 4.43. The van der Waals surface area contributed by atoms with Crippen LogP contribution in [-0.2, 0) is 18.4 Å². The lowest BCUT2D eigenvalue weighted by atomic mass is 10.1. The van der Waals surface area contributed by atoms with Gasteiger partial charge in [-0.2, -0.15) is 0 Å². The Kier molecular flexibility index (Phi) is 8.72. The number of aryl methyl sites for hydroxylation is 2. The van der Waals surface area contributed by atoms with E-state index in [4.69, 9.17) is 0 Å². The smallest absolute Gasteiger partial charge is 0.325 e. The summed E-state index contributed by atoms with van der Waals surface area (Å²) >= 11 is 1.27. The first kappa shape index (κ1) is 23.8. The monoisotopic (exact) mass is 457 g/mol. The van der Waals surface area contributed by atoms with E-state index in [1.807, 2.05) is 34.9 Å². The van der Waals surface area contributed by atoms with Crippen molar-refractivity contribution >= 4 is 34.5 Å². The van der Waals surface area contributed by atoms with Crippen molar-refractivity contribution in [2.45, 2.75) is 63.6 Å². The fourth-order valence-electron chi connectivity index (χ4n) is 3.61. The lowest BCUT2D eigenvalue weighted by molar-refractivity contribution is -0.113. The van der Waals surface area contributed by atoms with Gasteiger partial charge in [0, 0.05) is 19.3 Å². The van der Waals surface area contributed by atoms with E-state index in [0.717, 1.165) is 24.9 Å². The highest BCUT2D eigenvalue weighted by atomic mass is 32.2. The maximum atomic E-state index is 12.6. The summed E-state index contributed by atoms with van der Waals surface area (Å²) in [6.45, 7) is 2.82. The zero-order valence-electron chi connectivity index (χ0n) is 18.7. The molecule has 0 aliphatic rings. The molecule has 8 nitrogen and oxygen atoms in total. The standard InChI is InChI=1S/C23H31N5O3S/c1-3-4-5-6-7-8-12-15-28-19-20(27(2)22(31)26-21(19)30)25-23(28)32-16-18(29)24-17-13-10-9-11-14-17/h9-11,13-14H,3-8,12,15-16H2,1-2H3,(H,24,29)(H,26,30,31). The minimum atomic E-state index is -0.499. The molecule has 0 saturated heterocycles. The number of unbranched alkanes of at least 4 members (excludes halogenated alkanes) is 6. The lowest BCUT2D eigenvalue weighted by Gasteiger charge is -2.09. The number of rotatable bonds is 12. The van der Waals surface area contributed by atoms with E-state index >= 15 is 0 Å². The Labute approximate surface area is 191 Å². The van der Waals surface area contributed by atoms with E-state index in [9.17, 15) is 14.4 Å². The van der Waals surface area contributed by atoms with Crippen molar-refractivity contribution in [1.82, 2.24) is 19.1 Å². The van der Waals surface area contributed by atoms with Crippen LogP contribution in [0, 0.1) is 0 Å². The molecule has 2 aromatic heterocycles. The SMILES string of the molecule is CCCCCCCCCn1c(SCC(=O)Nc2ccccc2)nc2c1c(=O)[nH]c(=O)n2C. The molecule has 9 heteroatoms. The Hall–Kier alpha value is -2.81. The number of fused-ring (bicyclic) bond motifs is 1. The Balaban J connectivity index is 1.73. The van der Waals surface area contributed by atoms with E-state index in [1.54, 1.807) is 7.05 Å².